The molecule has 0 saturated heterocycles. The summed E-state index contributed by atoms with van der Waals surface area (Å²) >= 11 is 0. The van der Waals surface area contributed by atoms with Crippen LogP contribution in [-0.4, -0.2) is 23.4 Å². The van der Waals surface area contributed by atoms with Gasteiger partial charge in [-0.15, -0.1) is 0 Å². The van der Waals surface area contributed by atoms with Gasteiger partial charge in [-0.2, -0.15) is 0 Å². The number of hydrogen-bond acceptors (Lipinski definition) is 4. The molecule has 1 aromatic rings. The van der Waals surface area contributed by atoms with Gasteiger partial charge in [0, 0.05) is 31.1 Å². The molecule has 7 heteroatoms. The number of carbonyl (C=O) groups is 1. The summed E-state index contributed by atoms with van der Waals surface area (Å²) in [5.74, 6) is -0.662. The molecule has 1 saturated carbocycles. The predicted octanol–water partition coefficient (Wildman–Crippen LogP) is 1.81. The van der Waals surface area contributed by atoms with Crippen LogP contribution in [-0.2, 0) is 4.79 Å². The number of anilines is 1. The van der Waals surface area contributed by atoms with Crippen molar-refractivity contribution in [3.63, 3.8) is 0 Å². The maximum absolute atomic E-state index is 13.0. The Morgan fingerprint density at radius 1 is 1.47 bits per heavy atom. The molecular formula is C12H14FN3O3. The Bertz CT molecular complexity index is 503. The number of nitrogens with zero attached hydrogens (tertiary/aromatic N) is 1. The Hall–Kier alpha value is -2.18. The van der Waals surface area contributed by atoms with Crippen LogP contribution in [0.15, 0.2) is 18.2 Å². The first-order chi connectivity index (χ1) is 9.06. The third-order valence-electron chi connectivity index (χ3n) is 2.77. The van der Waals surface area contributed by atoms with Crippen molar-refractivity contribution in [2.75, 3.05) is 11.9 Å². The van der Waals surface area contributed by atoms with E-state index in [1.165, 1.54) is 0 Å². The van der Waals surface area contributed by atoms with E-state index in [4.69, 9.17) is 0 Å². The second-order valence-corrected chi connectivity index (χ2v) is 4.44. The molecule has 2 rings (SSSR count). The molecule has 0 spiro atoms. The highest BCUT2D eigenvalue weighted by molar-refractivity contribution is 5.77. The molecular weight excluding hydrogens is 253 g/mol. The van der Waals surface area contributed by atoms with E-state index in [0.29, 0.717) is 0 Å². The number of rotatable bonds is 6. The Morgan fingerprint density at radius 3 is 2.84 bits per heavy atom. The molecule has 0 aromatic heterocycles. The van der Waals surface area contributed by atoms with Crippen molar-refractivity contribution in [2.45, 2.75) is 25.3 Å². The van der Waals surface area contributed by atoms with Crippen LogP contribution in [0.2, 0.25) is 0 Å². The van der Waals surface area contributed by atoms with Crippen LogP contribution in [0.25, 0.3) is 0 Å². The van der Waals surface area contributed by atoms with E-state index in [0.717, 1.165) is 31.0 Å². The maximum Gasteiger partial charge on any atom is 0.292 e. The number of nitrogens with one attached hydrogen (secondary N) is 2. The lowest BCUT2D eigenvalue weighted by atomic mass is 10.2. The van der Waals surface area contributed by atoms with Crippen LogP contribution in [0, 0.1) is 15.9 Å². The lowest BCUT2D eigenvalue weighted by molar-refractivity contribution is -0.384. The number of nitro benzene ring substituents is 1. The smallest absolute Gasteiger partial charge is 0.292 e. The number of halogens is 1. The van der Waals surface area contributed by atoms with E-state index >= 15 is 0 Å². The highest BCUT2D eigenvalue weighted by Crippen LogP contribution is 2.24. The van der Waals surface area contributed by atoms with Crippen LogP contribution in [0.1, 0.15) is 19.3 Å². The molecule has 1 fully saturated rings. The Kier molecular flexibility index (Phi) is 3.94. The zero-order chi connectivity index (χ0) is 13.8. The largest absolute Gasteiger partial charge is 0.379 e. The standard InChI is InChI=1S/C12H14FN3O3/c13-8-1-4-11(16(18)19)10(7-8)14-6-5-12(17)15-9-2-3-9/h1,4,7,9,14H,2-3,5-6H2,(H,15,17). The van der Waals surface area contributed by atoms with Crippen molar-refractivity contribution in [3.05, 3.63) is 34.1 Å². The molecule has 2 N–H and O–H groups in total. The van der Waals surface area contributed by atoms with E-state index < -0.39 is 10.7 Å². The molecule has 0 aliphatic heterocycles. The quantitative estimate of drug-likeness (QED) is 0.608. The number of carbonyl (C=O) groups excluding carboxylic acids is 1. The number of nitro groups is 1. The molecule has 102 valence electrons. The van der Waals surface area contributed by atoms with Crippen LogP contribution < -0.4 is 10.6 Å². The SMILES string of the molecule is O=C(CCNc1cc(F)ccc1[N+](=O)[O-])NC1CC1. The fourth-order valence-electron chi connectivity index (χ4n) is 1.65. The molecule has 0 bridgehead atoms. The van der Waals surface area contributed by atoms with Gasteiger partial charge in [0.1, 0.15) is 11.5 Å². The first-order valence-electron chi connectivity index (χ1n) is 6.03. The summed E-state index contributed by atoms with van der Waals surface area (Å²) in [5, 5.41) is 16.3. The van der Waals surface area contributed by atoms with Gasteiger partial charge in [-0.1, -0.05) is 0 Å². The zero-order valence-electron chi connectivity index (χ0n) is 10.2. The molecule has 1 amide bonds. The van der Waals surface area contributed by atoms with Gasteiger partial charge < -0.3 is 10.6 Å². The summed E-state index contributed by atoms with van der Waals surface area (Å²) in [6.45, 7) is 0.225. The summed E-state index contributed by atoms with van der Waals surface area (Å²) in [7, 11) is 0. The summed E-state index contributed by atoms with van der Waals surface area (Å²) in [6.07, 6.45) is 2.22. The summed E-state index contributed by atoms with van der Waals surface area (Å²) in [5.41, 5.74) is -0.117. The van der Waals surface area contributed by atoms with Crippen LogP contribution in [0.3, 0.4) is 0 Å². The highest BCUT2D eigenvalue weighted by Gasteiger charge is 2.23. The van der Waals surface area contributed by atoms with E-state index in [-0.39, 0.29) is 36.3 Å². The van der Waals surface area contributed by atoms with E-state index in [1.54, 1.807) is 0 Å². The first-order valence-corrected chi connectivity index (χ1v) is 6.03. The average molecular weight is 267 g/mol. The minimum atomic E-state index is -0.591. The van der Waals surface area contributed by atoms with Gasteiger partial charge in [0.2, 0.25) is 5.91 Å². The monoisotopic (exact) mass is 267 g/mol. The molecule has 0 radical (unpaired) electrons. The van der Waals surface area contributed by atoms with Gasteiger partial charge in [-0.3, -0.25) is 14.9 Å². The van der Waals surface area contributed by atoms with Crippen molar-refractivity contribution in [3.8, 4) is 0 Å². The van der Waals surface area contributed by atoms with Gasteiger partial charge in [0.15, 0.2) is 0 Å². The van der Waals surface area contributed by atoms with Crippen LogP contribution >= 0.6 is 0 Å². The Morgan fingerprint density at radius 2 is 2.21 bits per heavy atom. The van der Waals surface area contributed by atoms with Gasteiger partial charge in [0.25, 0.3) is 5.69 Å². The van der Waals surface area contributed by atoms with E-state index in [2.05, 4.69) is 10.6 Å². The Labute approximate surface area is 109 Å². The third kappa shape index (κ3) is 3.90. The topological polar surface area (TPSA) is 84.3 Å². The first kappa shape index (κ1) is 13.3. The minimum Gasteiger partial charge on any atom is -0.379 e. The van der Waals surface area contributed by atoms with Gasteiger partial charge in [-0.25, -0.2) is 4.39 Å². The number of hydrogen-bond donors (Lipinski definition) is 2. The second-order valence-electron chi connectivity index (χ2n) is 4.44. The number of benzene rings is 1. The Balaban J connectivity index is 1.88. The van der Waals surface area contributed by atoms with Crippen molar-refractivity contribution in [1.29, 1.82) is 0 Å². The average Bonchev–Trinajstić information content (AvgIpc) is 3.12. The van der Waals surface area contributed by atoms with Crippen LogP contribution in [0.5, 0.6) is 0 Å². The summed E-state index contributed by atoms with van der Waals surface area (Å²) in [4.78, 5) is 21.6. The maximum atomic E-state index is 13.0. The molecule has 0 heterocycles. The lowest BCUT2D eigenvalue weighted by Crippen LogP contribution is -2.27. The van der Waals surface area contributed by atoms with E-state index in [9.17, 15) is 19.3 Å². The predicted molar refractivity (Wildman–Crippen MR) is 67.3 cm³/mol. The summed E-state index contributed by atoms with van der Waals surface area (Å²) in [6, 6.07) is 3.47. The molecule has 1 aliphatic rings. The second kappa shape index (κ2) is 5.64. The van der Waals surface area contributed by atoms with Gasteiger partial charge >= 0.3 is 0 Å². The fraction of sp³-hybridized carbons (Fsp3) is 0.417. The van der Waals surface area contributed by atoms with Crippen molar-refractivity contribution < 1.29 is 14.1 Å². The molecule has 0 unspecified atom stereocenters. The van der Waals surface area contributed by atoms with E-state index in [1.807, 2.05) is 0 Å². The minimum absolute atomic E-state index is 0.0872. The highest BCUT2D eigenvalue weighted by atomic mass is 19.1. The van der Waals surface area contributed by atoms with Gasteiger partial charge in [-0.05, 0) is 18.9 Å². The number of amides is 1. The normalized spacial score (nSPS) is 13.9. The van der Waals surface area contributed by atoms with Crippen LogP contribution in [0.4, 0.5) is 15.8 Å². The zero-order valence-corrected chi connectivity index (χ0v) is 10.2. The van der Waals surface area contributed by atoms with Crippen molar-refractivity contribution >= 4 is 17.3 Å². The fourth-order valence-corrected chi connectivity index (χ4v) is 1.65. The molecule has 6 nitrogen and oxygen atoms in total. The molecule has 0 atom stereocenters. The molecule has 1 aliphatic carbocycles. The lowest BCUT2D eigenvalue weighted by Gasteiger charge is -2.07. The van der Waals surface area contributed by atoms with Crippen molar-refractivity contribution in [2.24, 2.45) is 0 Å². The molecule has 1 aromatic carbocycles. The van der Waals surface area contributed by atoms with Crippen molar-refractivity contribution in [1.82, 2.24) is 5.32 Å². The molecule has 19 heavy (non-hydrogen) atoms. The third-order valence-corrected chi connectivity index (χ3v) is 2.77. The van der Waals surface area contributed by atoms with Gasteiger partial charge in [0.05, 0.1) is 4.92 Å². The summed E-state index contributed by atoms with van der Waals surface area (Å²) < 4.78 is 13.0.